The zero-order chi connectivity index (χ0) is 29.9. The number of ketones is 1. The lowest BCUT2D eigenvalue weighted by Crippen LogP contribution is -2.56. The highest BCUT2D eigenvalue weighted by atomic mass is 16.7. The number of ether oxygens (including phenoxy) is 4. The fraction of sp³-hybridized carbons (Fsp3) is 0.871. The number of aliphatic hydroxyl groups excluding tert-OH is 2. The number of aliphatic hydroxyl groups is 2. The smallest absolute Gasteiger partial charge is 0.308 e. The molecule has 0 aliphatic carbocycles. The molecule has 2 fully saturated rings. The molecule has 0 saturated carbocycles. The Labute approximate surface area is 240 Å². The molecule has 0 aromatic carbocycles. The van der Waals surface area contributed by atoms with Gasteiger partial charge in [0.15, 0.2) is 12.1 Å². The highest BCUT2D eigenvalue weighted by Gasteiger charge is 2.55. The first-order valence-corrected chi connectivity index (χ1v) is 15.2. The molecule has 3 rings (SSSR count). The number of nitrogens with zero attached hydrogens (tertiary/aromatic N) is 1. The maximum Gasteiger partial charge on any atom is 0.308 e. The first-order valence-electron chi connectivity index (χ1n) is 15.2. The second-order valence-electron chi connectivity index (χ2n) is 12.9. The Balaban J connectivity index is 1.92. The number of rotatable bonds is 5. The van der Waals surface area contributed by atoms with Crippen molar-refractivity contribution in [2.45, 2.75) is 135 Å². The van der Waals surface area contributed by atoms with E-state index in [2.05, 4.69) is 0 Å². The third-order valence-electron chi connectivity index (χ3n) is 9.42. The van der Waals surface area contributed by atoms with Crippen molar-refractivity contribution in [2.75, 3.05) is 14.1 Å². The van der Waals surface area contributed by atoms with E-state index in [9.17, 15) is 19.8 Å². The Hall–Kier alpha value is -1.36. The second kappa shape index (κ2) is 13.7. The molecule has 0 spiro atoms. The van der Waals surface area contributed by atoms with Gasteiger partial charge in [0.1, 0.15) is 17.8 Å². The quantitative estimate of drug-likeness (QED) is 0.380. The van der Waals surface area contributed by atoms with E-state index in [4.69, 9.17) is 18.9 Å². The van der Waals surface area contributed by atoms with Crippen molar-refractivity contribution in [2.24, 2.45) is 23.7 Å². The van der Waals surface area contributed by atoms with E-state index < -0.39 is 42.1 Å². The van der Waals surface area contributed by atoms with Crippen molar-refractivity contribution in [3.05, 3.63) is 12.2 Å². The van der Waals surface area contributed by atoms with E-state index in [1.807, 2.05) is 73.5 Å². The zero-order valence-corrected chi connectivity index (χ0v) is 25.9. The summed E-state index contributed by atoms with van der Waals surface area (Å²) in [5, 5.41) is 22.4. The van der Waals surface area contributed by atoms with Crippen molar-refractivity contribution in [3.8, 4) is 0 Å². The van der Waals surface area contributed by atoms with Gasteiger partial charge in [-0.1, -0.05) is 41.0 Å². The summed E-state index contributed by atoms with van der Waals surface area (Å²) in [6.07, 6.45) is 1.71. The van der Waals surface area contributed by atoms with Gasteiger partial charge in [-0.25, -0.2) is 0 Å². The van der Waals surface area contributed by atoms with Gasteiger partial charge in [0.05, 0.1) is 30.8 Å². The number of esters is 1. The van der Waals surface area contributed by atoms with Crippen LogP contribution in [0.1, 0.15) is 80.6 Å². The molecule has 0 aromatic rings. The molecule has 3 heterocycles. The average Bonchev–Trinajstić information content (AvgIpc) is 3.58. The van der Waals surface area contributed by atoms with E-state index in [0.717, 1.165) is 0 Å². The summed E-state index contributed by atoms with van der Waals surface area (Å²) >= 11 is 0. The largest absolute Gasteiger partial charge is 0.462 e. The number of allylic oxidation sites excluding steroid dienone is 1. The lowest BCUT2D eigenvalue weighted by atomic mass is 9.79. The molecule has 9 nitrogen and oxygen atoms in total. The third kappa shape index (κ3) is 7.72. The Morgan fingerprint density at radius 1 is 1.05 bits per heavy atom. The van der Waals surface area contributed by atoms with Crippen molar-refractivity contribution in [1.82, 2.24) is 4.90 Å². The van der Waals surface area contributed by atoms with E-state index in [1.54, 1.807) is 6.08 Å². The fourth-order valence-corrected chi connectivity index (χ4v) is 6.54. The van der Waals surface area contributed by atoms with Crippen molar-refractivity contribution >= 4 is 11.8 Å². The number of hydrogen-bond donors (Lipinski definition) is 2. The van der Waals surface area contributed by atoms with Crippen molar-refractivity contribution in [1.29, 1.82) is 0 Å². The number of epoxide rings is 1. The summed E-state index contributed by atoms with van der Waals surface area (Å²) in [6, 6.07) is -0.149. The molecule has 0 radical (unpaired) electrons. The van der Waals surface area contributed by atoms with E-state index in [-0.39, 0.29) is 54.3 Å². The van der Waals surface area contributed by atoms with Gasteiger partial charge in [-0.15, -0.1) is 0 Å². The van der Waals surface area contributed by atoms with Gasteiger partial charge in [0.2, 0.25) is 0 Å². The fourth-order valence-electron chi connectivity index (χ4n) is 6.54. The number of likely N-dealkylation sites (N-methyl/N-ethyl adjacent to an activating group) is 1. The van der Waals surface area contributed by atoms with Crippen LogP contribution in [-0.4, -0.2) is 95.5 Å². The first-order chi connectivity index (χ1) is 18.7. The van der Waals surface area contributed by atoms with E-state index in [1.165, 1.54) is 0 Å². The summed E-state index contributed by atoms with van der Waals surface area (Å²) < 4.78 is 24.4. The number of carbonyl (C=O) groups is 2. The van der Waals surface area contributed by atoms with Gasteiger partial charge in [-0.05, 0) is 65.3 Å². The van der Waals surface area contributed by atoms with Crippen LogP contribution in [0.25, 0.3) is 0 Å². The van der Waals surface area contributed by atoms with Crippen LogP contribution in [0.5, 0.6) is 0 Å². The summed E-state index contributed by atoms with van der Waals surface area (Å²) in [6.45, 7) is 13.6. The van der Waals surface area contributed by atoms with Gasteiger partial charge in [-0.2, -0.15) is 0 Å². The van der Waals surface area contributed by atoms with Gasteiger partial charge in [0.25, 0.3) is 0 Å². The lowest BCUT2D eigenvalue weighted by molar-refractivity contribution is -0.283. The summed E-state index contributed by atoms with van der Waals surface area (Å²) in [5.74, 6) is -1.43. The average molecular weight is 568 g/mol. The minimum absolute atomic E-state index is 0.00865. The lowest BCUT2D eigenvalue weighted by Gasteiger charge is -2.44. The van der Waals surface area contributed by atoms with Gasteiger partial charge < -0.3 is 34.1 Å². The van der Waals surface area contributed by atoms with E-state index >= 15 is 0 Å². The predicted octanol–water partition coefficient (Wildman–Crippen LogP) is 3.49. The van der Waals surface area contributed by atoms with Crippen LogP contribution in [0, 0.1) is 23.7 Å². The molecule has 3 aliphatic heterocycles. The maximum absolute atomic E-state index is 13.2. The van der Waals surface area contributed by atoms with Crippen LogP contribution in [0.15, 0.2) is 12.2 Å². The maximum atomic E-state index is 13.2. The van der Waals surface area contributed by atoms with Gasteiger partial charge >= 0.3 is 5.97 Å². The normalized spacial score (nSPS) is 46.5. The molecular weight excluding hydrogens is 514 g/mol. The molecule has 2 N–H and O–H groups in total. The SMILES string of the molecule is CC[C@H]1C[C@@H](C)C(=O)/C=C/C2(C)OC2[C@H](C)[C@@H](CC)OC(=O)C[C@@H](O)[C@H](C)[C@H]1O[C@H]1O[C@H](C)C[C@H](N(C)C)[C@H]1O. The number of fused-ring (bicyclic) bond motifs is 1. The molecule has 2 unspecified atom stereocenters. The summed E-state index contributed by atoms with van der Waals surface area (Å²) in [7, 11) is 3.84. The number of cyclic esters (lactones) is 1. The minimum atomic E-state index is -1.04. The van der Waals surface area contributed by atoms with Crippen LogP contribution >= 0.6 is 0 Å². The molecule has 3 aliphatic rings. The highest BCUT2D eigenvalue weighted by molar-refractivity contribution is 5.91. The monoisotopic (exact) mass is 567 g/mol. The van der Waals surface area contributed by atoms with Crippen LogP contribution in [0.4, 0.5) is 0 Å². The molecule has 2 saturated heterocycles. The first kappa shape index (κ1) is 33.1. The van der Waals surface area contributed by atoms with Crippen LogP contribution in [-0.2, 0) is 28.5 Å². The third-order valence-corrected chi connectivity index (χ3v) is 9.42. The topological polar surface area (TPSA) is 118 Å². The standard InChI is InChI=1S/C31H53NO8/c1-10-21-14-17(3)23(33)12-13-31(7)29(40-31)20(6)25(11-2)38-26(35)16-24(34)19(5)28(21)39-30-27(36)22(32(8)9)15-18(4)37-30/h12-13,17-22,24-25,27-30,34,36H,10-11,14-16H2,1-9H3/b13-12+/t17-,18-,19+,20-,21+,22+,24-,25-,27-,28-,29?,30-,31?/m1/s1. The summed E-state index contributed by atoms with van der Waals surface area (Å²) in [4.78, 5) is 28.2. The number of carbonyl (C=O) groups excluding carboxylic acids is 2. The second-order valence-corrected chi connectivity index (χ2v) is 12.9. The minimum Gasteiger partial charge on any atom is -0.462 e. The Morgan fingerprint density at radius 3 is 2.33 bits per heavy atom. The van der Waals surface area contributed by atoms with Crippen molar-refractivity contribution < 1.29 is 38.7 Å². The molecule has 13 atom stereocenters. The van der Waals surface area contributed by atoms with Gasteiger partial charge in [-0.3, -0.25) is 9.59 Å². The Bertz CT molecular complexity index is 895. The van der Waals surface area contributed by atoms with Crippen LogP contribution in [0.2, 0.25) is 0 Å². The van der Waals surface area contributed by atoms with Gasteiger partial charge in [0, 0.05) is 23.8 Å². The van der Waals surface area contributed by atoms with Crippen LogP contribution < -0.4 is 0 Å². The molecule has 0 bridgehead atoms. The molecule has 0 aromatic heterocycles. The molecule has 9 heteroatoms. The Morgan fingerprint density at radius 2 is 1.73 bits per heavy atom. The van der Waals surface area contributed by atoms with E-state index in [0.29, 0.717) is 25.7 Å². The Kier molecular flexibility index (Phi) is 11.4. The highest BCUT2D eigenvalue weighted by Crippen LogP contribution is 2.45. The van der Waals surface area contributed by atoms with Crippen LogP contribution in [0.3, 0.4) is 0 Å². The summed E-state index contributed by atoms with van der Waals surface area (Å²) in [5.41, 5.74) is -0.580. The molecule has 40 heavy (non-hydrogen) atoms. The molecule has 230 valence electrons. The van der Waals surface area contributed by atoms with Crippen molar-refractivity contribution in [3.63, 3.8) is 0 Å². The predicted molar refractivity (Wildman–Crippen MR) is 151 cm³/mol. The molecular formula is C31H53NO8. The molecule has 0 amide bonds. The zero-order valence-electron chi connectivity index (χ0n) is 25.9. The number of hydrogen-bond acceptors (Lipinski definition) is 9.